The van der Waals surface area contributed by atoms with E-state index in [0.29, 0.717) is 44.2 Å². The van der Waals surface area contributed by atoms with Gasteiger partial charge in [-0.2, -0.15) is 13.2 Å². The summed E-state index contributed by atoms with van der Waals surface area (Å²) in [4.78, 5) is 16.2. The van der Waals surface area contributed by atoms with Crippen LogP contribution in [0.15, 0.2) is 48.5 Å². The van der Waals surface area contributed by atoms with Crippen LogP contribution in [0.25, 0.3) is 0 Å². The van der Waals surface area contributed by atoms with Gasteiger partial charge in [-0.15, -0.1) is 0 Å². The van der Waals surface area contributed by atoms with Crippen molar-refractivity contribution in [2.24, 2.45) is 11.8 Å². The van der Waals surface area contributed by atoms with Gasteiger partial charge in [0.1, 0.15) is 5.82 Å². The number of carbonyl (C=O) groups excluding carboxylic acids is 1. The number of hydrogen-bond donors (Lipinski definition) is 0. The molecule has 2 atom stereocenters. The molecule has 1 heterocycles. The van der Waals surface area contributed by atoms with Crippen LogP contribution in [0.3, 0.4) is 0 Å². The lowest BCUT2D eigenvalue weighted by Crippen LogP contribution is -2.38. The van der Waals surface area contributed by atoms with E-state index in [9.17, 15) is 22.4 Å². The molecule has 2 aromatic rings. The van der Waals surface area contributed by atoms with Crippen molar-refractivity contribution in [1.82, 2.24) is 9.80 Å². The molecule has 1 saturated heterocycles. The van der Waals surface area contributed by atoms with E-state index in [1.54, 1.807) is 25.1 Å². The van der Waals surface area contributed by atoms with Crippen LogP contribution in [-0.4, -0.2) is 41.9 Å². The first kappa shape index (κ1) is 24.2. The SMILES string of the molecule is CC(=O)N(CC(C)C)C[C@@H]1CN(Cc2cccc(C(F)(F)F)c2)C[C@H]1c1ccc(F)cc1. The second-order valence-electron chi connectivity index (χ2n) is 9.13. The van der Waals surface area contributed by atoms with E-state index in [1.807, 2.05) is 4.90 Å². The number of hydrogen-bond acceptors (Lipinski definition) is 2. The molecule has 174 valence electrons. The van der Waals surface area contributed by atoms with Gasteiger partial charge in [-0.25, -0.2) is 4.39 Å². The summed E-state index contributed by atoms with van der Waals surface area (Å²) in [6.07, 6.45) is -4.38. The molecule has 1 aliphatic rings. The molecule has 1 amide bonds. The van der Waals surface area contributed by atoms with Gasteiger partial charge in [-0.05, 0) is 41.2 Å². The average Bonchev–Trinajstić information content (AvgIpc) is 3.09. The molecule has 0 bridgehead atoms. The standard InChI is InChI=1S/C25H30F4N2O/c1-17(2)12-31(18(3)32)15-21-14-30(16-24(21)20-7-9-23(26)10-8-20)13-19-5-4-6-22(11-19)25(27,28)29/h4-11,17,21,24H,12-16H2,1-3H3/t21-,24-/m0/s1. The second-order valence-corrected chi connectivity index (χ2v) is 9.13. The third kappa shape index (κ3) is 6.31. The van der Waals surface area contributed by atoms with Gasteiger partial charge < -0.3 is 4.90 Å². The van der Waals surface area contributed by atoms with Gasteiger partial charge in [0.25, 0.3) is 0 Å². The van der Waals surface area contributed by atoms with Crippen LogP contribution < -0.4 is 0 Å². The predicted octanol–water partition coefficient (Wildman–Crippen LogP) is 5.56. The molecule has 0 unspecified atom stereocenters. The number of nitrogens with zero attached hydrogens (tertiary/aromatic N) is 2. The number of alkyl halides is 3. The average molecular weight is 451 g/mol. The summed E-state index contributed by atoms with van der Waals surface area (Å²) in [6, 6.07) is 11.8. The van der Waals surface area contributed by atoms with Crippen molar-refractivity contribution in [1.29, 1.82) is 0 Å². The van der Waals surface area contributed by atoms with Crippen LogP contribution in [0, 0.1) is 17.7 Å². The van der Waals surface area contributed by atoms with Crippen molar-refractivity contribution in [3.05, 3.63) is 71.0 Å². The number of rotatable bonds is 7. The van der Waals surface area contributed by atoms with E-state index in [1.165, 1.54) is 24.3 Å². The van der Waals surface area contributed by atoms with E-state index in [0.717, 1.165) is 11.6 Å². The maximum Gasteiger partial charge on any atom is 0.416 e. The molecule has 1 fully saturated rings. The van der Waals surface area contributed by atoms with Crippen LogP contribution in [-0.2, 0) is 17.5 Å². The topological polar surface area (TPSA) is 23.6 Å². The van der Waals surface area contributed by atoms with Gasteiger partial charge in [-0.1, -0.05) is 44.2 Å². The van der Waals surface area contributed by atoms with Gasteiger partial charge in [0.05, 0.1) is 5.56 Å². The highest BCUT2D eigenvalue weighted by atomic mass is 19.4. The molecule has 1 aliphatic heterocycles. The normalized spacial score (nSPS) is 19.5. The fourth-order valence-electron chi connectivity index (χ4n) is 4.52. The number of carbonyl (C=O) groups is 1. The number of likely N-dealkylation sites (tertiary alicyclic amines) is 1. The molecule has 0 saturated carbocycles. The van der Waals surface area contributed by atoms with E-state index < -0.39 is 11.7 Å². The van der Waals surface area contributed by atoms with Crippen molar-refractivity contribution in [2.75, 3.05) is 26.2 Å². The van der Waals surface area contributed by atoms with Crippen LogP contribution in [0.2, 0.25) is 0 Å². The third-order valence-electron chi connectivity index (χ3n) is 5.96. The minimum Gasteiger partial charge on any atom is -0.342 e. The Kier molecular flexibility index (Phi) is 7.59. The van der Waals surface area contributed by atoms with Gasteiger partial charge >= 0.3 is 6.18 Å². The zero-order valence-corrected chi connectivity index (χ0v) is 18.7. The quantitative estimate of drug-likeness (QED) is 0.516. The summed E-state index contributed by atoms with van der Waals surface area (Å²) in [6.45, 7) is 8.57. The van der Waals surface area contributed by atoms with Crippen molar-refractivity contribution < 1.29 is 22.4 Å². The van der Waals surface area contributed by atoms with Gasteiger partial charge in [0.15, 0.2) is 0 Å². The van der Waals surface area contributed by atoms with Crippen LogP contribution in [0.4, 0.5) is 17.6 Å². The van der Waals surface area contributed by atoms with Crippen LogP contribution in [0.5, 0.6) is 0 Å². The lowest BCUT2D eigenvalue weighted by Gasteiger charge is -2.29. The number of halogens is 4. The van der Waals surface area contributed by atoms with Crippen molar-refractivity contribution >= 4 is 5.91 Å². The summed E-state index contributed by atoms with van der Waals surface area (Å²) < 4.78 is 52.8. The molecule has 0 N–H and O–H groups in total. The predicted molar refractivity (Wildman–Crippen MR) is 116 cm³/mol. The van der Waals surface area contributed by atoms with Crippen molar-refractivity contribution in [2.45, 2.75) is 39.4 Å². The van der Waals surface area contributed by atoms with Gasteiger partial charge in [0, 0.05) is 45.6 Å². The Bertz CT molecular complexity index is 911. The van der Waals surface area contributed by atoms with E-state index in [4.69, 9.17) is 0 Å². The van der Waals surface area contributed by atoms with Crippen molar-refractivity contribution in [3.8, 4) is 0 Å². The molecule has 2 aromatic carbocycles. The molecule has 32 heavy (non-hydrogen) atoms. The minimum absolute atomic E-state index is 0.00730. The van der Waals surface area contributed by atoms with Crippen LogP contribution >= 0.6 is 0 Å². The highest BCUT2D eigenvalue weighted by molar-refractivity contribution is 5.73. The Morgan fingerprint density at radius 3 is 2.41 bits per heavy atom. The summed E-state index contributed by atoms with van der Waals surface area (Å²) in [7, 11) is 0. The van der Waals surface area contributed by atoms with E-state index in [2.05, 4.69) is 18.7 Å². The first-order valence-corrected chi connectivity index (χ1v) is 10.9. The first-order valence-electron chi connectivity index (χ1n) is 10.9. The highest BCUT2D eigenvalue weighted by Gasteiger charge is 2.36. The fraction of sp³-hybridized carbons (Fsp3) is 0.480. The molecule has 0 aromatic heterocycles. The number of benzene rings is 2. The van der Waals surface area contributed by atoms with Gasteiger partial charge in [0.2, 0.25) is 5.91 Å². The molecule has 0 radical (unpaired) electrons. The third-order valence-corrected chi connectivity index (χ3v) is 5.96. The monoisotopic (exact) mass is 450 g/mol. The molecule has 0 aliphatic carbocycles. The Hall–Kier alpha value is -2.41. The van der Waals surface area contributed by atoms with E-state index in [-0.39, 0.29) is 23.6 Å². The number of amides is 1. The zero-order chi connectivity index (χ0) is 23.5. The lowest BCUT2D eigenvalue weighted by atomic mass is 9.88. The summed E-state index contributed by atoms with van der Waals surface area (Å²) >= 11 is 0. The summed E-state index contributed by atoms with van der Waals surface area (Å²) in [5.41, 5.74) is 0.931. The van der Waals surface area contributed by atoms with Crippen molar-refractivity contribution in [3.63, 3.8) is 0 Å². The Labute approximate surface area is 187 Å². The molecule has 3 rings (SSSR count). The Morgan fingerprint density at radius 1 is 1.12 bits per heavy atom. The Balaban J connectivity index is 1.81. The molecule has 7 heteroatoms. The minimum atomic E-state index is -4.38. The molecular formula is C25H30F4N2O. The summed E-state index contributed by atoms with van der Waals surface area (Å²) in [5.74, 6) is 0.192. The molecular weight excluding hydrogens is 420 g/mol. The van der Waals surface area contributed by atoms with Crippen LogP contribution in [0.1, 0.15) is 43.4 Å². The second kappa shape index (κ2) is 10.0. The summed E-state index contributed by atoms with van der Waals surface area (Å²) in [5, 5.41) is 0. The highest BCUT2D eigenvalue weighted by Crippen LogP contribution is 2.35. The maximum absolute atomic E-state index is 13.5. The smallest absolute Gasteiger partial charge is 0.342 e. The molecule has 0 spiro atoms. The molecule has 3 nitrogen and oxygen atoms in total. The Morgan fingerprint density at radius 2 is 1.81 bits per heavy atom. The maximum atomic E-state index is 13.5. The fourth-order valence-corrected chi connectivity index (χ4v) is 4.52. The lowest BCUT2D eigenvalue weighted by molar-refractivity contribution is -0.137. The first-order chi connectivity index (χ1) is 15.0. The van der Waals surface area contributed by atoms with Gasteiger partial charge in [-0.3, -0.25) is 9.69 Å². The zero-order valence-electron chi connectivity index (χ0n) is 18.7. The largest absolute Gasteiger partial charge is 0.416 e. The van der Waals surface area contributed by atoms with E-state index >= 15 is 0 Å².